The van der Waals surface area contributed by atoms with E-state index in [0.717, 1.165) is 72.6 Å². The minimum absolute atomic E-state index is 0.897. The van der Waals surface area contributed by atoms with Gasteiger partial charge in [-0.3, -0.25) is 0 Å². The van der Waals surface area contributed by atoms with Crippen LogP contribution in [0.2, 0.25) is 9.79 Å². The number of unbranched alkanes of at least 4 members (excludes halogenated alkanes) is 3. The van der Waals surface area contributed by atoms with Crippen LogP contribution in [0.1, 0.15) is 115 Å². The van der Waals surface area contributed by atoms with E-state index in [1.165, 1.54) is 69.7 Å². The van der Waals surface area contributed by atoms with Crippen molar-refractivity contribution in [2.75, 3.05) is 0 Å². The molecule has 1 aliphatic rings. The third-order valence-corrected chi connectivity index (χ3v) is 9.11. The van der Waals surface area contributed by atoms with Gasteiger partial charge in [0.25, 0.3) is 0 Å². The molecule has 37 heavy (non-hydrogen) atoms. The average Bonchev–Trinajstić information content (AvgIpc) is 3.26. The Kier molecular flexibility index (Phi) is 15.6. The number of hydrogen-bond acceptors (Lipinski definition) is 0. The van der Waals surface area contributed by atoms with Crippen LogP contribution in [0.15, 0.2) is 60.2 Å². The summed E-state index contributed by atoms with van der Waals surface area (Å²) in [6, 6.07) is 17.4. The molecule has 0 N–H and O–H groups in total. The number of benzene rings is 2. The summed E-state index contributed by atoms with van der Waals surface area (Å²) in [5.41, 5.74) is 19.3. The van der Waals surface area contributed by atoms with Gasteiger partial charge in [-0.1, -0.05) is 64.3 Å². The number of hydrogen-bond donors (Lipinski definition) is 0. The quantitative estimate of drug-likeness (QED) is 0.112. The summed E-state index contributed by atoms with van der Waals surface area (Å²) in [5, 5.41) is 0. The van der Waals surface area contributed by atoms with E-state index in [1.54, 1.807) is 0 Å². The minimum atomic E-state index is 0.897. The van der Waals surface area contributed by atoms with Gasteiger partial charge in [-0.05, 0) is 73.9 Å². The molecule has 3 heteroatoms. The molecular weight excluding hydrogens is 543 g/mol. The van der Waals surface area contributed by atoms with Crippen LogP contribution >= 0.6 is 0 Å². The summed E-state index contributed by atoms with van der Waals surface area (Å²) in [4.78, 5) is 2.95. The van der Waals surface area contributed by atoms with Crippen LogP contribution in [0.4, 0.5) is 0 Å². The number of allylic oxidation sites excluding steroid dienone is 2. The third-order valence-electron chi connectivity index (χ3n) is 6.46. The summed E-state index contributed by atoms with van der Waals surface area (Å²) in [6.45, 7) is 11.2. The molecule has 0 aromatic heterocycles. The molecule has 0 saturated heterocycles. The number of aryl methyl sites for hydroxylation is 2. The van der Waals surface area contributed by atoms with E-state index < -0.39 is 0 Å². The first kappa shape index (κ1) is 31.4. The molecule has 0 atom stereocenters. The van der Waals surface area contributed by atoms with Crippen molar-refractivity contribution >= 4 is 11.4 Å². The second-order valence-corrected chi connectivity index (χ2v) is 12.2. The van der Waals surface area contributed by atoms with Crippen molar-refractivity contribution in [3.8, 4) is 0 Å². The molecule has 3 rings (SSSR count). The molecule has 0 aliphatic carbocycles. The maximum atomic E-state index is 11.3. The van der Waals surface area contributed by atoms with E-state index in [2.05, 4.69) is 89.2 Å². The van der Waals surface area contributed by atoms with Gasteiger partial charge < -0.3 is 5.53 Å². The first-order valence-corrected chi connectivity index (χ1v) is 16.9. The van der Waals surface area contributed by atoms with Gasteiger partial charge in [0.05, 0.1) is 0 Å². The molecule has 0 amide bonds. The summed E-state index contributed by atoms with van der Waals surface area (Å²) in [6.07, 6.45) is 15.2. The zero-order valence-electron chi connectivity index (χ0n) is 24.1. The van der Waals surface area contributed by atoms with Crippen LogP contribution < -0.4 is 0 Å². The third kappa shape index (κ3) is 10.5. The van der Waals surface area contributed by atoms with Crippen LogP contribution in [0, 0.1) is 0 Å². The van der Waals surface area contributed by atoms with Crippen LogP contribution in [0.25, 0.3) is 16.9 Å². The van der Waals surface area contributed by atoms with Crippen LogP contribution in [0.3, 0.4) is 0 Å². The van der Waals surface area contributed by atoms with Gasteiger partial charge in [-0.2, -0.15) is 0 Å². The van der Waals surface area contributed by atoms with Gasteiger partial charge in [-0.25, -0.2) is 4.70 Å². The van der Waals surface area contributed by atoms with E-state index in [-0.39, 0.29) is 0 Å². The average molecular weight is 593 g/mol. The zero-order chi connectivity index (χ0) is 26.9. The maximum absolute atomic E-state index is 11.3. The molecule has 0 saturated carbocycles. The van der Waals surface area contributed by atoms with Gasteiger partial charge in [0, 0.05) is 22.8 Å². The second kappa shape index (κ2) is 18.4. The van der Waals surface area contributed by atoms with Gasteiger partial charge in [0.15, 0.2) is 0 Å². The van der Waals surface area contributed by atoms with Crippen molar-refractivity contribution in [2.45, 2.75) is 115 Å². The van der Waals surface area contributed by atoms with E-state index in [1.807, 2.05) is 0 Å². The first-order valence-electron chi connectivity index (χ1n) is 14.7. The van der Waals surface area contributed by atoms with Crippen molar-refractivity contribution in [2.24, 2.45) is 0 Å². The Morgan fingerprint density at radius 3 is 1.70 bits per heavy atom. The van der Waals surface area contributed by atoms with E-state index in [9.17, 15) is 5.53 Å². The van der Waals surface area contributed by atoms with E-state index in [4.69, 9.17) is 0 Å². The second-order valence-electron chi connectivity index (χ2n) is 9.90. The van der Waals surface area contributed by atoms with Crippen molar-refractivity contribution in [1.29, 1.82) is 0 Å². The Morgan fingerprint density at radius 1 is 0.649 bits per heavy atom. The molecule has 0 radical (unpaired) electrons. The first-order chi connectivity index (χ1) is 18.1. The molecule has 0 spiro atoms. The SMILES string of the molecule is CCCCC1=C(c2cccc(CCCC)c2)[N+](=[N-])C(c2cccc(CCCC)c2)=C1.CC[CH2][Pd][CH2]CC. The Hall–Kier alpha value is -1.82. The van der Waals surface area contributed by atoms with Gasteiger partial charge in [0.1, 0.15) is 0 Å². The van der Waals surface area contributed by atoms with Crippen molar-refractivity contribution < 1.29 is 22.7 Å². The molecule has 0 fully saturated rings. The predicted octanol–water partition coefficient (Wildman–Crippen LogP) is 11.1. The monoisotopic (exact) mass is 592 g/mol. The fraction of sp³-hybridized carbons (Fsp3) is 0.529. The van der Waals surface area contributed by atoms with Crippen molar-refractivity contribution in [3.63, 3.8) is 0 Å². The number of rotatable bonds is 15. The summed E-state index contributed by atoms with van der Waals surface area (Å²) >= 11 is 1.07. The van der Waals surface area contributed by atoms with Gasteiger partial charge >= 0.3 is 54.5 Å². The Morgan fingerprint density at radius 2 is 1.16 bits per heavy atom. The molecule has 0 bridgehead atoms. The van der Waals surface area contributed by atoms with Crippen LogP contribution in [-0.4, -0.2) is 4.70 Å². The summed E-state index contributed by atoms with van der Waals surface area (Å²) in [5.74, 6) is 0. The van der Waals surface area contributed by atoms with Crippen molar-refractivity contribution in [1.82, 2.24) is 0 Å². The molecule has 206 valence electrons. The molecule has 2 nitrogen and oxygen atoms in total. The van der Waals surface area contributed by atoms with Gasteiger partial charge in [-0.15, -0.1) is 0 Å². The molecule has 0 unspecified atom stereocenters. The Balaban J connectivity index is 0.000000604. The standard InChI is InChI=1S/C28H36N2.2C3H7.Pd/c1-4-7-12-22-14-10-17-24(19-22)27-21-26(16-9-6-3)28(30(27)29)25-18-11-15-23(20-25)13-8-5-2;2*1-3-2;/h10-11,14-15,17-21H,4-9,12-13,16H2,1-3H3;2*1,3H2,2H3;. The molecule has 2 aromatic carbocycles. The van der Waals surface area contributed by atoms with Crippen LogP contribution in [0.5, 0.6) is 0 Å². The predicted molar refractivity (Wildman–Crippen MR) is 158 cm³/mol. The van der Waals surface area contributed by atoms with Gasteiger partial charge in [0.2, 0.25) is 11.4 Å². The molecule has 2 aromatic rings. The number of nitrogens with zero attached hydrogens (tertiary/aromatic N) is 2. The fourth-order valence-corrected chi connectivity index (χ4v) is 5.93. The topological polar surface area (TPSA) is 25.3 Å². The summed E-state index contributed by atoms with van der Waals surface area (Å²) < 4.78 is 1.43. The van der Waals surface area contributed by atoms with E-state index in [0.29, 0.717) is 0 Å². The van der Waals surface area contributed by atoms with E-state index >= 15 is 0 Å². The molecular formula is C34H50N2Pd. The normalized spacial score (nSPS) is 13.1. The Labute approximate surface area is 236 Å². The summed E-state index contributed by atoms with van der Waals surface area (Å²) in [7, 11) is 0. The molecule has 1 heterocycles. The fourth-order valence-electron chi connectivity index (χ4n) is 4.45. The van der Waals surface area contributed by atoms with Crippen LogP contribution in [-0.2, 0) is 30.8 Å². The Bertz CT molecular complexity index is 1010. The van der Waals surface area contributed by atoms with Crippen molar-refractivity contribution in [3.05, 3.63) is 88.0 Å². The molecule has 1 aliphatic heterocycles. The zero-order valence-corrected chi connectivity index (χ0v) is 25.7.